The molecule has 11 heteroatoms. The molecule has 5 rings (SSSR count). The Morgan fingerprint density at radius 3 is 2.43 bits per heavy atom. The zero-order valence-electron chi connectivity index (χ0n) is 19.4. The smallest absolute Gasteiger partial charge is 0.352 e. The van der Waals surface area contributed by atoms with E-state index in [2.05, 4.69) is 11.6 Å². The zero-order chi connectivity index (χ0) is 25.2. The SMILES string of the molecule is C=CC(=O)N1[C@H](C)CN(c2nc(=O)n3c4c(c(Cl)c(C(F)(F)F)cc24)SC[C@@H](C2CC2)C3)C[C@@H]1C. The maximum Gasteiger partial charge on any atom is 0.417 e. The summed E-state index contributed by atoms with van der Waals surface area (Å²) in [5.74, 6) is 1.25. The fourth-order valence-electron chi connectivity index (χ4n) is 5.48. The van der Waals surface area contributed by atoms with Gasteiger partial charge >= 0.3 is 11.9 Å². The Bertz CT molecular complexity index is 1260. The van der Waals surface area contributed by atoms with Crippen LogP contribution in [0.1, 0.15) is 32.3 Å². The minimum atomic E-state index is -4.65. The zero-order valence-corrected chi connectivity index (χ0v) is 21.0. The van der Waals surface area contributed by atoms with Gasteiger partial charge in [0.05, 0.1) is 21.0 Å². The van der Waals surface area contributed by atoms with Gasteiger partial charge in [0.25, 0.3) is 0 Å². The number of halogens is 4. The second-order valence-electron chi connectivity index (χ2n) is 9.75. The van der Waals surface area contributed by atoms with Gasteiger partial charge in [-0.25, -0.2) is 4.79 Å². The Morgan fingerprint density at radius 1 is 1.20 bits per heavy atom. The van der Waals surface area contributed by atoms with Crippen molar-refractivity contribution < 1.29 is 18.0 Å². The predicted octanol–water partition coefficient (Wildman–Crippen LogP) is 4.81. The molecule has 1 amide bonds. The van der Waals surface area contributed by atoms with Crippen molar-refractivity contribution in [2.45, 2.75) is 56.4 Å². The molecule has 0 bridgehead atoms. The van der Waals surface area contributed by atoms with Crippen LogP contribution >= 0.6 is 23.4 Å². The Labute approximate surface area is 210 Å². The van der Waals surface area contributed by atoms with Crippen molar-refractivity contribution in [3.8, 4) is 0 Å². The molecule has 0 unspecified atom stereocenters. The highest BCUT2D eigenvalue weighted by Gasteiger charge is 2.40. The van der Waals surface area contributed by atoms with Crippen molar-refractivity contribution in [1.82, 2.24) is 14.5 Å². The molecule has 3 aliphatic rings. The van der Waals surface area contributed by atoms with Crippen LogP contribution in [0.4, 0.5) is 19.0 Å². The second kappa shape index (κ2) is 8.73. The van der Waals surface area contributed by atoms with Crippen molar-refractivity contribution in [2.75, 3.05) is 23.7 Å². The van der Waals surface area contributed by atoms with Crippen molar-refractivity contribution in [2.24, 2.45) is 11.8 Å². The molecule has 2 fully saturated rings. The van der Waals surface area contributed by atoms with Crippen LogP contribution in [-0.4, -0.2) is 51.3 Å². The summed E-state index contributed by atoms with van der Waals surface area (Å²) >= 11 is 7.66. The molecule has 1 aliphatic carbocycles. The van der Waals surface area contributed by atoms with Crippen LogP contribution in [0.25, 0.3) is 10.9 Å². The number of hydrogen-bond donors (Lipinski definition) is 0. The van der Waals surface area contributed by atoms with E-state index >= 15 is 0 Å². The monoisotopic (exact) mass is 526 g/mol. The van der Waals surface area contributed by atoms with Crippen LogP contribution < -0.4 is 10.6 Å². The summed E-state index contributed by atoms with van der Waals surface area (Å²) in [5, 5.41) is -0.0944. The van der Waals surface area contributed by atoms with Gasteiger partial charge in [0.2, 0.25) is 5.91 Å². The molecule has 1 saturated carbocycles. The molecule has 0 radical (unpaired) electrons. The highest BCUT2D eigenvalue weighted by molar-refractivity contribution is 7.99. The maximum atomic E-state index is 14.0. The van der Waals surface area contributed by atoms with Crippen LogP contribution in [0.5, 0.6) is 0 Å². The number of rotatable bonds is 3. The molecule has 35 heavy (non-hydrogen) atoms. The lowest BCUT2D eigenvalue weighted by Crippen LogP contribution is -2.58. The standard InChI is InChI=1S/C24H26ClF3N4O2S/c1-4-18(33)32-12(2)8-30(9-13(32)3)22-16-7-17(24(26,27)28)19(25)21-20(16)31(23(34)29-22)10-15(11-35-21)14-5-6-14/h4,7,12-15H,1,5-6,8-11H2,2-3H3/t12-,13+,15-/m0/s1. The summed E-state index contributed by atoms with van der Waals surface area (Å²) in [5.41, 5.74) is -0.979. The second-order valence-corrected chi connectivity index (χ2v) is 11.2. The first-order chi connectivity index (χ1) is 16.5. The van der Waals surface area contributed by atoms with E-state index in [0.717, 1.165) is 18.9 Å². The molecule has 6 nitrogen and oxygen atoms in total. The molecule has 2 aliphatic heterocycles. The minimum absolute atomic E-state index is 0.180. The van der Waals surface area contributed by atoms with Gasteiger partial charge < -0.3 is 9.80 Å². The van der Waals surface area contributed by atoms with E-state index in [9.17, 15) is 22.8 Å². The van der Waals surface area contributed by atoms with E-state index in [1.165, 1.54) is 22.4 Å². The number of piperazine rings is 1. The third-order valence-electron chi connectivity index (χ3n) is 7.24. The highest BCUT2D eigenvalue weighted by Crippen LogP contribution is 2.49. The lowest BCUT2D eigenvalue weighted by molar-refractivity contribution is -0.137. The number of anilines is 1. The van der Waals surface area contributed by atoms with Crippen LogP contribution in [-0.2, 0) is 17.5 Å². The summed E-state index contributed by atoms with van der Waals surface area (Å²) < 4.78 is 43.6. The minimum Gasteiger partial charge on any atom is -0.352 e. The summed E-state index contributed by atoms with van der Waals surface area (Å²) in [6.07, 6.45) is -1.27. The molecule has 2 aromatic rings. The third-order valence-corrected chi connectivity index (χ3v) is 9.02. The summed E-state index contributed by atoms with van der Waals surface area (Å²) in [7, 11) is 0. The lowest BCUT2D eigenvalue weighted by atomic mass is 10.0. The normalized spacial score (nSPS) is 25.0. The molecule has 3 heterocycles. The fraction of sp³-hybridized carbons (Fsp3) is 0.542. The lowest BCUT2D eigenvalue weighted by Gasteiger charge is -2.44. The molecular formula is C24H26ClF3N4O2S. The first-order valence-electron chi connectivity index (χ1n) is 11.7. The molecule has 0 spiro atoms. The maximum absolute atomic E-state index is 14.0. The van der Waals surface area contributed by atoms with E-state index in [4.69, 9.17) is 11.6 Å². The molecule has 1 saturated heterocycles. The van der Waals surface area contributed by atoms with Crippen molar-refractivity contribution >= 4 is 46.0 Å². The largest absolute Gasteiger partial charge is 0.417 e. The third kappa shape index (κ3) is 4.22. The number of aromatic nitrogens is 2. The number of carbonyl (C=O) groups is 1. The summed E-state index contributed by atoms with van der Waals surface area (Å²) in [6, 6.07) is 0.539. The highest BCUT2D eigenvalue weighted by atomic mass is 35.5. The van der Waals surface area contributed by atoms with Crippen molar-refractivity contribution in [3.05, 3.63) is 39.8 Å². The molecule has 1 aromatic carbocycles. The number of hydrogen-bond acceptors (Lipinski definition) is 5. The van der Waals surface area contributed by atoms with Gasteiger partial charge in [0, 0.05) is 42.9 Å². The average Bonchev–Trinajstić information content (AvgIpc) is 3.62. The van der Waals surface area contributed by atoms with Crippen LogP contribution in [0, 0.1) is 11.8 Å². The Kier molecular flexibility index (Phi) is 6.11. The summed E-state index contributed by atoms with van der Waals surface area (Å²) in [4.78, 5) is 33.8. The van der Waals surface area contributed by atoms with Gasteiger partial charge in [-0.15, -0.1) is 11.8 Å². The number of benzene rings is 1. The van der Waals surface area contributed by atoms with Gasteiger partial charge in [0.15, 0.2) is 0 Å². The van der Waals surface area contributed by atoms with Gasteiger partial charge in [-0.05, 0) is 50.7 Å². The van der Waals surface area contributed by atoms with Gasteiger partial charge in [-0.1, -0.05) is 18.2 Å². The molecule has 1 aromatic heterocycles. The topological polar surface area (TPSA) is 58.4 Å². The van der Waals surface area contributed by atoms with E-state index in [-0.39, 0.29) is 40.1 Å². The van der Waals surface area contributed by atoms with Crippen LogP contribution in [0.2, 0.25) is 5.02 Å². The van der Waals surface area contributed by atoms with Crippen LogP contribution in [0.3, 0.4) is 0 Å². The van der Waals surface area contributed by atoms with Crippen molar-refractivity contribution in [1.29, 1.82) is 0 Å². The Morgan fingerprint density at radius 2 is 1.86 bits per heavy atom. The van der Waals surface area contributed by atoms with E-state index in [1.807, 2.05) is 18.7 Å². The first kappa shape index (κ1) is 24.5. The number of alkyl halides is 3. The number of carbonyl (C=O) groups excluding carboxylic acids is 1. The molecular weight excluding hydrogens is 501 g/mol. The van der Waals surface area contributed by atoms with E-state index in [1.54, 1.807) is 4.90 Å². The first-order valence-corrected chi connectivity index (χ1v) is 13.0. The Balaban J connectivity index is 1.70. The van der Waals surface area contributed by atoms with E-state index < -0.39 is 17.4 Å². The quantitative estimate of drug-likeness (QED) is 0.537. The number of amides is 1. The van der Waals surface area contributed by atoms with Crippen molar-refractivity contribution in [3.63, 3.8) is 0 Å². The molecule has 188 valence electrons. The average molecular weight is 527 g/mol. The summed E-state index contributed by atoms with van der Waals surface area (Å²) in [6.45, 7) is 8.36. The van der Waals surface area contributed by atoms with Crippen LogP contribution in [0.15, 0.2) is 28.4 Å². The van der Waals surface area contributed by atoms with Gasteiger partial charge in [-0.3, -0.25) is 9.36 Å². The van der Waals surface area contributed by atoms with Gasteiger partial charge in [-0.2, -0.15) is 18.2 Å². The molecule has 3 atom stereocenters. The molecule has 0 N–H and O–H groups in total. The fourth-order valence-corrected chi connectivity index (χ4v) is 7.25. The predicted molar refractivity (Wildman–Crippen MR) is 131 cm³/mol. The van der Waals surface area contributed by atoms with Gasteiger partial charge in [0.1, 0.15) is 5.82 Å². The number of thioether (sulfide) groups is 1. The number of nitrogens with zero attached hydrogens (tertiary/aromatic N) is 4. The van der Waals surface area contributed by atoms with E-state index in [0.29, 0.717) is 41.7 Å². The Hall–Kier alpha value is -2.20.